The van der Waals surface area contributed by atoms with Gasteiger partial charge >= 0.3 is 0 Å². The number of carbonyl (C=O) groups excluding carboxylic acids is 1. The predicted molar refractivity (Wildman–Crippen MR) is 119 cm³/mol. The number of fused-ring (bicyclic) bond motifs is 1. The zero-order valence-electron chi connectivity index (χ0n) is 17.2. The minimum atomic E-state index is 0.104. The lowest BCUT2D eigenvalue weighted by Crippen LogP contribution is -2.49. The molecule has 3 aromatic rings. The molecule has 0 radical (unpaired) electrons. The van der Waals surface area contributed by atoms with Crippen molar-refractivity contribution in [1.29, 1.82) is 0 Å². The van der Waals surface area contributed by atoms with E-state index in [-0.39, 0.29) is 11.9 Å². The molecule has 1 aliphatic heterocycles. The molecule has 1 aromatic carbocycles. The van der Waals surface area contributed by atoms with Crippen LogP contribution < -0.4 is 0 Å². The van der Waals surface area contributed by atoms with Gasteiger partial charge in [0.15, 0.2) is 0 Å². The molecule has 0 saturated carbocycles. The maximum atomic E-state index is 13.2. The third-order valence-electron chi connectivity index (χ3n) is 5.78. The van der Waals surface area contributed by atoms with Crippen LogP contribution in [0.5, 0.6) is 0 Å². The van der Waals surface area contributed by atoms with Crippen LogP contribution in [0.1, 0.15) is 45.3 Å². The quantitative estimate of drug-likeness (QED) is 0.601. The van der Waals surface area contributed by atoms with Gasteiger partial charge < -0.3 is 4.90 Å². The van der Waals surface area contributed by atoms with Crippen molar-refractivity contribution in [1.82, 2.24) is 19.8 Å². The fourth-order valence-corrected chi connectivity index (χ4v) is 5.68. The Hall–Kier alpha value is -2.02. The average Bonchev–Trinajstić information content (AvgIpc) is 3.04. The van der Waals surface area contributed by atoms with E-state index in [2.05, 4.69) is 27.9 Å². The number of nitrogens with zero attached hydrogens (tertiary/aromatic N) is 4. The third kappa shape index (κ3) is 3.77. The fourth-order valence-electron chi connectivity index (χ4n) is 4.14. The van der Waals surface area contributed by atoms with E-state index in [1.807, 2.05) is 43.9 Å². The molecule has 29 heavy (non-hydrogen) atoms. The number of benzene rings is 1. The SMILES string of the molecule is Cc1nc(C)c2c(C)c(C(=O)N3CCN(C(C)c4ccccc4Cl)CC3)sc2n1. The number of aromatic nitrogens is 2. The first-order valence-electron chi connectivity index (χ1n) is 9.89. The topological polar surface area (TPSA) is 49.3 Å². The van der Waals surface area contributed by atoms with Crippen molar-refractivity contribution in [2.75, 3.05) is 26.2 Å². The van der Waals surface area contributed by atoms with E-state index in [1.165, 1.54) is 11.3 Å². The van der Waals surface area contributed by atoms with Crippen LogP contribution in [0.15, 0.2) is 24.3 Å². The molecule has 1 atom stereocenters. The van der Waals surface area contributed by atoms with Crippen molar-refractivity contribution in [2.45, 2.75) is 33.7 Å². The Morgan fingerprint density at radius 2 is 1.79 bits per heavy atom. The monoisotopic (exact) mass is 428 g/mol. The molecule has 1 amide bonds. The van der Waals surface area contributed by atoms with Crippen LogP contribution in [-0.2, 0) is 0 Å². The minimum absolute atomic E-state index is 0.104. The molecule has 0 spiro atoms. The van der Waals surface area contributed by atoms with E-state index in [0.717, 1.165) is 55.9 Å². The highest BCUT2D eigenvalue weighted by Crippen LogP contribution is 2.33. The number of rotatable bonds is 3. The molecular formula is C22H25ClN4OS. The highest BCUT2D eigenvalue weighted by Gasteiger charge is 2.28. The zero-order valence-corrected chi connectivity index (χ0v) is 18.8. The van der Waals surface area contributed by atoms with Crippen LogP contribution in [0, 0.1) is 20.8 Å². The maximum Gasteiger partial charge on any atom is 0.264 e. The second kappa shape index (κ2) is 8.01. The lowest BCUT2D eigenvalue weighted by molar-refractivity contribution is 0.0586. The first-order chi connectivity index (χ1) is 13.9. The number of thiophene rings is 1. The first kappa shape index (κ1) is 20.3. The lowest BCUT2D eigenvalue weighted by atomic mass is 10.1. The van der Waals surface area contributed by atoms with Crippen LogP contribution >= 0.6 is 22.9 Å². The minimum Gasteiger partial charge on any atom is -0.335 e. The molecule has 0 aliphatic carbocycles. The van der Waals surface area contributed by atoms with Gasteiger partial charge in [0.2, 0.25) is 0 Å². The number of hydrogen-bond acceptors (Lipinski definition) is 5. The summed E-state index contributed by atoms with van der Waals surface area (Å²) in [5.41, 5.74) is 3.08. The summed E-state index contributed by atoms with van der Waals surface area (Å²) in [6, 6.07) is 8.22. The molecule has 1 fully saturated rings. The van der Waals surface area contributed by atoms with Gasteiger partial charge in [-0.05, 0) is 44.9 Å². The summed E-state index contributed by atoms with van der Waals surface area (Å²) in [6.07, 6.45) is 0. The van der Waals surface area contributed by atoms with Crippen LogP contribution in [-0.4, -0.2) is 51.9 Å². The summed E-state index contributed by atoms with van der Waals surface area (Å²) in [5, 5.41) is 1.82. The molecule has 0 bridgehead atoms. The number of aryl methyl sites for hydroxylation is 3. The van der Waals surface area contributed by atoms with E-state index in [1.54, 1.807) is 0 Å². The Labute approximate surface area is 180 Å². The summed E-state index contributed by atoms with van der Waals surface area (Å²) >= 11 is 7.86. The summed E-state index contributed by atoms with van der Waals surface area (Å²) in [6.45, 7) is 11.2. The van der Waals surface area contributed by atoms with Crippen molar-refractivity contribution in [3.63, 3.8) is 0 Å². The van der Waals surface area contributed by atoms with Gasteiger partial charge in [-0.2, -0.15) is 0 Å². The number of halogens is 1. The second-order valence-corrected chi connectivity index (χ2v) is 9.02. The average molecular weight is 429 g/mol. The number of amides is 1. The zero-order chi connectivity index (χ0) is 20.7. The van der Waals surface area contributed by atoms with Gasteiger partial charge in [-0.3, -0.25) is 9.69 Å². The highest BCUT2D eigenvalue weighted by atomic mass is 35.5. The Morgan fingerprint density at radius 3 is 2.48 bits per heavy atom. The van der Waals surface area contributed by atoms with Crippen LogP contribution in [0.25, 0.3) is 10.2 Å². The molecule has 4 rings (SSSR count). The highest BCUT2D eigenvalue weighted by molar-refractivity contribution is 7.20. The summed E-state index contributed by atoms with van der Waals surface area (Å²) < 4.78 is 0. The Morgan fingerprint density at radius 1 is 1.10 bits per heavy atom. The van der Waals surface area contributed by atoms with Crippen molar-refractivity contribution >= 4 is 39.1 Å². The van der Waals surface area contributed by atoms with Gasteiger partial charge in [-0.15, -0.1) is 11.3 Å². The van der Waals surface area contributed by atoms with Crippen molar-refractivity contribution in [2.24, 2.45) is 0 Å². The number of hydrogen-bond donors (Lipinski definition) is 0. The molecule has 1 aliphatic rings. The van der Waals surface area contributed by atoms with E-state index in [0.29, 0.717) is 13.1 Å². The molecule has 152 valence electrons. The molecule has 3 heterocycles. The van der Waals surface area contributed by atoms with Crippen LogP contribution in [0.4, 0.5) is 0 Å². The van der Waals surface area contributed by atoms with Gasteiger partial charge in [0.25, 0.3) is 5.91 Å². The van der Waals surface area contributed by atoms with Gasteiger partial charge in [0.1, 0.15) is 10.7 Å². The molecule has 7 heteroatoms. The standard InChI is InChI=1S/C22H25ClN4OS/c1-13-19-14(2)24-16(4)25-21(19)29-20(13)22(28)27-11-9-26(10-12-27)15(3)17-7-5-6-8-18(17)23/h5-8,15H,9-12H2,1-4H3. The molecule has 0 N–H and O–H groups in total. The van der Waals surface area contributed by atoms with E-state index >= 15 is 0 Å². The lowest BCUT2D eigenvalue weighted by Gasteiger charge is -2.38. The first-order valence-corrected chi connectivity index (χ1v) is 11.1. The summed E-state index contributed by atoms with van der Waals surface area (Å²) in [5.74, 6) is 0.852. The number of carbonyl (C=O) groups is 1. The second-order valence-electron chi connectivity index (χ2n) is 7.62. The smallest absolute Gasteiger partial charge is 0.264 e. The maximum absolute atomic E-state index is 13.2. The van der Waals surface area contributed by atoms with Crippen LogP contribution in [0.2, 0.25) is 5.02 Å². The molecular weight excluding hydrogens is 404 g/mol. The van der Waals surface area contributed by atoms with Gasteiger partial charge in [0, 0.05) is 48.3 Å². The van der Waals surface area contributed by atoms with Gasteiger partial charge in [-0.25, -0.2) is 9.97 Å². The molecule has 1 unspecified atom stereocenters. The van der Waals surface area contributed by atoms with E-state index in [4.69, 9.17) is 11.6 Å². The van der Waals surface area contributed by atoms with Crippen molar-refractivity contribution in [3.8, 4) is 0 Å². The Bertz CT molecular complexity index is 1070. The fraction of sp³-hybridized carbons (Fsp3) is 0.409. The molecule has 1 saturated heterocycles. The summed E-state index contributed by atoms with van der Waals surface area (Å²) in [7, 11) is 0. The largest absolute Gasteiger partial charge is 0.335 e. The molecule has 5 nitrogen and oxygen atoms in total. The van der Waals surface area contributed by atoms with Crippen LogP contribution in [0.3, 0.4) is 0 Å². The van der Waals surface area contributed by atoms with Gasteiger partial charge in [-0.1, -0.05) is 29.8 Å². The summed E-state index contributed by atoms with van der Waals surface area (Å²) in [4.78, 5) is 28.3. The molecule has 2 aromatic heterocycles. The van der Waals surface area contributed by atoms with Crippen molar-refractivity contribution in [3.05, 3.63) is 56.8 Å². The normalized spacial score (nSPS) is 16.4. The van der Waals surface area contributed by atoms with E-state index < -0.39 is 0 Å². The Balaban J connectivity index is 1.50. The van der Waals surface area contributed by atoms with Crippen molar-refractivity contribution < 1.29 is 4.79 Å². The predicted octanol–water partition coefficient (Wildman–Crippen LogP) is 4.79. The van der Waals surface area contributed by atoms with Gasteiger partial charge in [0.05, 0.1) is 4.88 Å². The van der Waals surface area contributed by atoms with E-state index in [9.17, 15) is 4.79 Å². The Kier molecular flexibility index (Phi) is 5.60. The number of piperazine rings is 1. The third-order valence-corrected chi connectivity index (χ3v) is 7.30.